The van der Waals surface area contributed by atoms with Gasteiger partial charge in [-0.15, -0.1) is 0 Å². The van der Waals surface area contributed by atoms with E-state index in [4.69, 9.17) is 16.2 Å². The number of benzene rings is 1. The summed E-state index contributed by atoms with van der Waals surface area (Å²) in [4.78, 5) is 23.0. The van der Waals surface area contributed by atoms with Gasteiger partial charge in [0.05, 0.1) is 0 Å². The number of carbonyl (C=O) groups excluding carboxylic acids is 2. The standard InChI is InChI=1S/C18H27N3O3/c19-13-18(7-2-1-3-8-18)10-17(23)21-11-14-5-4-6-15(9-14)24-12-16(20)22/h4-6,9H,1-3,7-8,10-13,19H2,(H2,20,22)(H,21,23). The minimum Gasteiger partial charge on any atom is -0.484 e. The third-order valence-corrected chi connectivity index (χ3v) is 4.65. The first-order valence-corrected chi connectivity index (χ1v) is 8.50. The fourth-order valence-corrected chi connectivity index (χ4v) is 3.26. The Morgan fingerprint density at radius 3 is 2.62 bits per heavy atom. The zero-order chi connectivity index (χ0) is 17.4. The Bertz CT molecular complexity index is 568. The molecule has 5 N–H and O–H groups in total. The normalized spacial score (nSPS) is 16.4. The van der Waals surface area contributed by atoms with Crippen molar-refractivity contribution >= 4 is 11.8 Å². The van der Waals surface area contributed by atoms with Crippen LogP contribution in [0, 0.1) is 5.41 Å². The predicted octanol–water partition coefficient (Wildman–Crippen LogP) is 1.47. The molecule has 0 aromatic heterocycles. The summed E-state index contributed by atoms with van der Waals surface area (Å²) in [6.45, 7) is 0.832. The quantitative estimate of drug-likeness (QED) is 0.669. The summed E-state index contributed by atoms with van der Waals surface area (Å²) in [7, 11) is 0. The number of hydrogen-bond acceptors (Lipinski definition) is 4. The van der Waals surface area contributed by atoms with Gasteiger partial charge in [-0.05, 0) is 42.5 Å². The fraction of sp³-hybridized carbons (Fsp3) is 0.556. The van der Waals surface area contributed by atoms with E-state index in [9.17, 15) is 9.59 Å². The molecule has 1 aliphatic rings. The first kappa shape index (κ1) is 18.3. The number of carbonyl (C=O) groups is 2. The summed E-state index contributed by atoms with van der Waals surface area (Å²) in [5.74, 6) is 0.0744. The van der Waals surface area contributed by atoms with Gasteiger partial charge in [-0.1, -0.05) is 31.4 Å². The molecule has 1 aromatic carbocycles. The Labute approximate surface area is 142 Å². The number of rotatable bonds is 8. The molecular formula is C18H27N3O3. The van der Waals surface area contributed by atoms with Crippen LogP contribution >= 0.6 is 0 Å². The Morgan fingerprint density at radius 1 is 1.21 bits per heavy atom. The van der Waals surface area contributed by atoms with Crippen LogP contribution in [0.15, 0.2) is 24.3 Å². The van der Waals surface area contributed by atoms with Gasteiger partial charge in [-0.25, -0.2) is 0 Å². The molecule has 132 valence electrons. The molecular weight excluding hydrogens is 306 g/mol. The van der Waals surface area contributed by atoms with Crippen molar-refractivity contribution in [3.8, 4) is 5.75 Å². The van der Waals surface area contributed by atoms with E-state index in [2.05, 4.69) is 5.32 Å². The van der Waals surface area contributed by atoms with E-state index in [-0.39, 0.29) is 17.9 Å². The van der Waals surface area contributed by atoms with E-state index in [0.717, 1.165) is 31.2 Å². The van der Waals surface area contributed by atoms with Gasteiger partial charge in [0.2, 0.25) is 5.91 Å². The molecule has 0 spiro atoms. The summed E-state index contributed by atoms with van der Waals surface area (Å²) < 4.78 is 5.27. The molecule has 0 heterocycles. The molecule has 2 rings (SSSR count). The van der Waals surface area contributed by atoms with Crippen LogP contribution in [0.25, 0.3) is 0 Å². The van der Waals surface area contributed by atoms with E-state index in [1.807, 2.05) is 12.1 Å². The number of hydrogen-bond donors (Lipinski definition) is 3. The molecule has 1 fully saturated rings. The van der Waals surface area contributed by atoms with Gasteiger partial charge in [0.15, 0.2) is 6.61 Å². The minimum atomic E-state index is -0.520. The molecule has 0 bridgehead atoms. The van der Waals surface area contributed by atoms with Gasteiger partial charge in [0, 0.05) is 13.0 Å². The molecule has 0 radical (unpaired) electrons. The maximum absolute atomic E-state index is 12.3. The summed E-state index contributed by atoms with van der Waals surface area (Å²) in [5, 5.41) is 2.96. The van der Waals surface area contributed by atoms with Gasteiger partial charge in [-0.2, -0.15) is 0 Å². The van der Waals surface area contributed by atoms with Gasteiger partial charge in [0.25, 0.3) is 5.91 Å². The molecule has 0 saturated heterocycles. The highest BCUT2D eigenvalue weighted by atomic mass is 16.5. The SMILES string of the molecule is NCC1(CC(=O)NCc2cccc(OCC(N)=O)c2)CCCCC1. The van der Waals surface area contributed by atoms with Crippen LogP contribution in [0.5, 0.6) is 5.75 Å². The number of ether oxygens (including phenoxy) is 1. The Kier molecular flexibility index (Phi) is 6.61. The lowest BCUT2D eigenvalue weighted by Crippen LogP contribution is -2.38. The second-order valence-electron chi connectivity index (χ2n) is 6.62. The summed E-state index contributed by atoms with van der Waals surface area (Å²) in [6.07, 6.45) is 6.11. The zero-order valence-corrected chi connectivity index (χ0v) is 14.1. The zero-order valence-electron chi connectivity index (χ0n) is 14.1. The van der Waals surface area contributed by atoms with Crippen molar-refractivity contribution in [2.45, 2.75) is 45.1 Å². The van der Waals surface area contributed by atoms with Crippen molar-refractivity contribution in [1.29, 1.82) is 0 Å². The number of nitrogens with two attached hydrogens (primary N) is 2. The van der Waals surface area contributed by atoms with Crippen LogP contribution in [0.3, 0.4) is 0 Å². The Hall–Kier alpha value is -2.08. The van der Waals surface area contributed by atoms with Crippen molar-refractivity contribution in [3.63, 3.8) is 0 Å². The molecule has 1 saturated carbocycles. The molecule has 0 atom stereocenters. The van der Waals surface area contributed by atoms with Crippen molar-refractivity contribution in [1.82, 2.24) is 5.32 Å². The van der Waals surface area contributed by atoms with E-state index in [1.54, 1.807) is 12.1 Å². The highest BCUT2D eigenvalue weighted by Gasteiger charge is 2.32. The van der Waals surface area contributed by atoms with Gasteiger partial charge >= 0.3 is 0 Å². The average molecular weight is 333 g/mol. The lowest BCUT2D eigenvalue weighted by atomic mass is 9.71. The average Bonchev–Trinajstić information content (AvgIpc) is 2.59. The van der Waals surface area contributed by atoms with Crippen LogP contribution in [0.2, 0.25) is 0 Å². The minimum absolute atomic E-state index is 0.0330. The molecule has 1 aromatic rings. The lowest BCUT2D eigenvalue weighted by Gasteiger charge is -2.35. The smallest absolute Gasteiger partial charge is 0.255 e. The largest absolute Gasteiger partial charge is 0.484 e. The molecule has 6 heteroatoms. The van der Waals surface area contributed by atoms with Crippen LogP contribution in [-0.2, 0) is 16.1 Å². The van der Waals surface area contributed by atoms with Crippen LogP contribution < -0.4 is 21.5 Å². The summed E-state index contributed by atoms with van der Waals surface area (Å²) >= 11 is 0. The Balaban J connectivity index is 1.84. The van der Waals surface area contributed by atoms with Crippen molar-refractivity contribution in [2.75, 3.05) is 13.2 Å². The number of nitrogens with one attached hydrogen (secondary N) is 1. The first-order chi connectivity index (χ1) is 11.5. The monoisotopic (exact) mass is 333 g/mol. The maximum Gasteiger partial charge on any atom is 0.255 e. The number of amides is 2. The van der Waals surface area contributed by atoms with E-state index in [0.29, 0.717) is 25.3 Å². The molecule has 0 aliphatic heterocycles. The summed E-state index contributed by atoms with van der Waals surface area (Å²) in [6, 6.07) is 7.26. The van der Waals surface area contributed by atoms with Crippen molar-refractivity contribution < 1.29 is 14.3 Å². The first-order valence-electron chi connectivity index (χ1n) is 8.50. The lowest BCUT2D eigenvalue weighted by molar-refractivity contribution is -0.124. The maximum atomic E-state index is 12.3. The van der Waals surface area contributed by atoms with Crippen molar-refractivity contribution in [3.05, 3.63) is 29.8 Å². The highest BCUT2D eigenvalue weighted by molar-refractivity contribution is 5.76. The van der Waals surface area contributed by atoms with Gasteiger partial charge < -0.3 is 21.5 Å². The third-order valence-electron chi connectivity index (χ3n) is 4.65. The van der Waals surface area contributed by atoms with E-state index in [1.165, 1.54) is 6.42 Å². The molecule has 24 heavy (non-hydrogen) atoms. The third kappa shape index (κ3) is 5.53. The molecule has 2 amide bonds. The predicted molar refractivity (Wildman–Crippen MR) is 92.2 cm³/mol. The van der Waals surface area contributed by atoms with Crippen LogP contribution in [0.4, 0.5) is 0 Å². The fourth-order valence-electron chi connectivity index (χ4n) is 3.26. The molecule has 0 unspecified atom stereocenters. The molecule has 6 nitrogen and oxygen atoms in total. The molecule has 1 aliphatic carbocycles. The second-order valence-corrected chi connectivity index (χ2v) is 6.62. The highest BCUT2D eigenvalue weighted by Crippen LogP contribution is 2.38. The van der Waals surface area contributed by atoms with Gasteiger partial charge in [-0.3, -0.25) is 9.59 Å². The van der Waals surface area contributed by atoms with E-state index >= 15 is 0 Å². The van der Waals surface area contributed by atoms with Gasteiger partial charge in [0.1, 0.15) is 5.75 Å². The Morgan fingerprint density at radius 2 is 1.96 bits per heavy atom. The van der Waals surface area contributed by atoms with Crippen LogP contribution in [-0.4, -0.2) is 25.0 Å². The summed E-state index contributed by atoms with van der Waals surface area (Å²) in [5.41, 5.74) is 11.9. The van der Waals surface area contributed by atoms with Crippen LogP contribution in [0.1, 0.15) is 44.1 Å². The van der Waals surface area contributed by atoms with E-state index < -0.39 is 5.91 Å². The number of primary amides is 1. The van der Waals surface area contributed by atoms with Crippen molar-refractivity contribution in [2.24, 2.45) is 16.9 Å². The topological polar surface area (TPSA) is 107 Å². The second kappa shape index (κ2) is 8.68.